The molecule has 0 fully saturated rings. The molecule has 0 aromatic carbocycles. The highest BCUT2D eigenvalue weighted by molar-refractivity contribution is 7.18. The van der Waals surface area contributed by atoms with Crippen LogP contribution in [0.25, 0.3) is 6.08 Å². The van der Waals surface area contributed by atoms with Crippen molar-refractivity contribution < 1.29 is 23.5 Å². The Morgan fingerprint density at radius 2 is 1.97 bits per heavy atom. The van der Waals surface area contributed by atoms with E-state index < -0.39 is 11.9 Å². The molecular weight excluding hydrogens is 392 g/mol. The third kappa shape index (κ3) is 5.57. The van der Waals surface area contributed by atoms with Crippen LogP contribution in [0.1, 0.15) is 59.0 Å². The van der Waals surface area contributed by atoms with Crippen LogP contribution in [0.3, 0.4) is 0 Å². The molecule has 0 unspecified atom stereocenters. The lowest BCUT2D eigenvalue weighted by Gasteiger charge is -2.18. The summed E-state index contributed by atoms with van der Waals surface area (Å²) in [5, 5.41) is 2.99. The van der Waals surface area contributed by atoms with E-state index in [1.165, 1.54) is 18.4 Å². The second-order valence-corrected chi connectivity index (χ2v) is 7.55. The van der Waals surface area contributed by atoms with Crippen LogP contribution in [-0.4, -0.2) is 41.9 Å². The normalized spacial score (nSPS) is 11.1. The molecule has 2 aromatic heterocycles. The van der Waals surface area contributed by atoms with Gasteiger partial charge in [-0.3, -0.25) is 9.59 Å². The Morgan fingerprint density at radius 3 is 2.52 bits per heavy atom. The Labute approximate surface area is 174 Å². The standard InChI is InChI=1S/C21H26N2O5S/c1-6-23(7-2)20(25)18-14(5)17(21(26)28-13(3)4)19(29-18)22-16(24)11-10-15-9-8-12-27-15/h8-13H,6-7H2,1-5H3,(H,22,24)/b11-10-. The number of hydrogen-bond acceptors (Lipinski definition) is 6. The fourth-order valence-corrected chi connectivity index (χ4v) is 3.84. The Morgan fingerprint density at radius 1 is 1.28 bits per heavy atom. The van der Waals surface area contributed by atoms with Crippen LogP contribution in [0.4, 0.5) is 5.00 Å². The van der Waals surface area contributed by atoms with Gasteiger partial charge in [0.2, 0.25) is 5.91 Å². The predicted octanol–water partition coefficient (Wildman–Crippen LogP) is 4.35. The van der Waals surface area contributed by atoms with Crippen molar-refractivity contribution in [3.63, 3.8) is 0 Å². The first kappa shape index (κ1) is 22.4. The van der Waals surface area contributed by atoms with Gasteiger partial charge >= 0.3 is 5.97 Å². The Kier molecular flexibility index (Phi) is 7.78. The van der Waals surface area contributed by atoms with Gasteiger partial charge in [0.1, 0.15) is 10.8 Å². The van der Waals surface area contributed by atoms with Gasteiger partial charge in [0.15, 0.2) is 0 Å². The summed E-state index contributed by atoms with van der Waals surface area (Å²) in [5.41, 5.74) is 0.710. The van der Waals surface area contributed by atoms with Crippen molar-refractivity contribution in [2.24, 2.45) is 0 Å². The quantitative estimate of drug-likeness (QED) is 0.509. The van der Waals surface area contributed by atoms with Crippen molar-refractivity contribution in [3.05, 3.63) is 46.2 Å². The molecule has 1 N–H and O–H groups in total. The highest BCUT2D eigenvalue weighted by Gasteiger charge is 2.28. The molecule has 0 saturated heterocycles. The Bertz CT molecular complexity index is 893. The molecular formula is C21H26N2O5S. The van der Waals surface area contributed by atoms with Gasteiger partial charge in [0.25, 0.3) is 5.91 Å². The molecule has 0 radical (unpaired) electrons. The number of amides is 2. The molecule has 0 bridgehead atoms. The lowest BCUT2D eigenvalue weighted by Crippen LogP contribution is -2.30. The number of thiophene rings is 1. The number of hydrogen-bond donors (Lipinski definition) is 1. The Hall–Kier alpha value is -2.87. The average Bonchev–Trinajstić information content (AvgIpc) is 3.28. The van der Waals surface area contributed by atoms with Crippen molar-refractivity contribution in [2.75, 3.05) is 18.4 Å². The average molecular weight is 419 g/mol. The number of rotatable bonds is 8. The van der Waals surface area contributed by atoms with E-state index in [4.69, 9.17) is 9.15 Å². The SMILES string of the molecule is CCN(CC)C(=O)c1sc(NC(=O)/C=C\c2ccco2)c(C(=O)OC(C)C)c1C. The number of esters is 1. The number of carbonyl (C=O) groups is 3. The minimum absolute atomic E-state index is 0.178. The molecule has 0 atom stereocenters. The molecule has 2 aromatic rings. The molecule has 0 aliphatic rings. The summed E-state index contributed by atoms with van der Waals surface area (Å²) in [7, 11) is 0. The molecule has 2 heterocycles. The lowest BCUT2D eigenvalue weighted by atomic mass is 10.1. The predicted molar refractivity (Wildman–Crippen MR) is 113 cm³/mol. The molecule has 156 valence electrons. The van der Waals surface area contributed by atoms with Crippen LogP contribution < -0.4 is 5.32 Å². The molecule has 0 saturated carbocycles. The van der Waals surface area contributed by atoms with E-state index in [2.05, 4.69) is 5.32 Å². The summed E-state index contributed by atoms with van der Waals surface area (Å²) >= 11 is 1.08. The number of furan rings is 1. The number of carbonyl (C=O) groups excluding carboxylic acids is 3. The van der Waals surface area contributed by atoms with Gasteiger partial charge in [-0.15, -0.1) is 11.3 Å². The van der Waals surface area contributed by atoms with Crippen molar-refractivity contribution in [1.29, 1.82) is 0 Å². The monoisotopic (exact) mass is 418 g/mol. The second kappa shape index (κ2) is 10.1. The summed E-state index contributed by atoms with van der Waals surface area (Å²) < 4.78 is 10.5. The van der Waals surface area contributed by atoms with Crippen molar-refractivity contribution in [2.45, 2.75) is 40.7 Å². The first-order chi connectivity index (χ1) is 13.8. The summed E-state index contributed by atoms with van der Waals surface area (Å²) in [6, 6.07) is 3.43. The molecule has 2 amide bonds. The molecule has 8 heteroatoms. The summed E-state index contributed by atoms with van der Waals surface area (Å²) in [6.07, 6.45) is 4.00. The zero-order valence-electron chi connectivity index (χ0n) is 17.3. The van der Waals surface area contributed by atoms with Gasteiger partial charge in [-0.05, 0) is 58.4 Å². The van der Waals surface area contributed by atoms with Gasteiger partial charge in [0.05, 0.1) is 22.8 Å². The maximum Gasteiger partial charge on any atom is 0.341 e. The van der Waals surface area contributed by atoms with E-state index in [0.29, 0.717) is 29.3 Å². The minimum atomic E-state index is -0.572. The van der Waals surface area contributed by atoms with E-state index in [1.54, 1.807) is 37.8 Å². The number of anilines is 1. The molecule has 0 aliphatic carbocycles. The molecule has 29 heavy (non-hydrogen) atoms. The minimum Gasteiger partial charge on any atom is -0.465 e. The van der Waals surface area contributed by atoms with Gasteiger partial charge in [-0.25, -0.2) is 4.79 Å². The van der Waals surface area contributed by atoms with Gasteiger partial charge in [0, 0.05) is 19.2 Å². The van der Waals surface area contributed by atoms with Crippen LogP contribution in [0.5, 0.6) is 0 Å². The molecule has 0 aliphatic heterocycles. The van der Waals surface area contributed by atoms with E-state index in [-0.39, 0.29) is 22.6 Å². The second-order valence-electron chi connectivity index (χ2n) is 6.53. The zero-order chi connectivity index (χ0) is 21.6. The number of nitrogens with zero attached hydrogens (tertiary/aromatic N) is 1. The first-order valence-electron chi connectivity index (χ1n) is 9.44. The summed E-state index contributed by atoms with van der Waals surface area (Å²) in [6.45, 7) is 10.1. The van der Waals surface area contributed by atoms with Crippen molar-refractivity contribution >= 4 is 40.2 Å². The maximum atomic E-state index is 12.9. The third-order valence-corrected chi connectivity index (χ3v) is 5.31. The highest BCUT2D eigenvalue weighted by atomic mass is 32.1. The zero-order valence-corrected chi connectivity index (χ0v) is 18.1. The topological polar surface area (TPSA) is 88.9 Å². The molecule has 7 nitrogen and oxygen atoms in total. The van der Waals surface area contributed by atoms with E-state index in [0.717, 1.165) is 11.3 Å². The van der Waals surface area contributed by atoms with Gasteiger partial charge in [-0.1, -0.05) is 0 Å². The summed E-state index contributed by atoms with van der Waals surface area (Å²) in [4.78, 5) is 39.9. The van der Waals surface area contributed by atoms with Gasteiger partial charge < -0.3 is 19.4 Å². The fraction of sp³-hybridized carbons (Fsp3) is 0.381. The Balaban J connectivity index is 2.37. The van der Waals surface area contributed by atoms with Crippen molar-refractivity contribution in [3.8, 4) is 0 Å². The molecule has 0 spiro atoms. The van der Waals surface area contributed by atoms with E-state index >= 15 is 0 Å². The third-order valence-electron chi connectivity index (χ3n) is 4.12. The highest BCUT2D eigenvalue weighted by Crippen LogP contribution is 2.35. The largest absolute Gasteiger partial charge is 0.465 e. The molecule has 2 rings (SSSR count). The van der Waals surface area contributed by atoms with Gasteiger partial charge in [-0.2, -0.15) is 0 Å². The number of nitrogens with one attached hydrogen (secondary N) is 1. The fourth-order valence-electron chi connectivity index (χ4n) is 2.68. The number of ether oxygens (including phenoxy) is 1. The van der Waals surface area contributed by atoms with Crippen molar-refractivity contribution in [1.82, 2.24) is 4.90 Å². The van der Waals surface area contributed by atoms with E-state index in [1.807, 2.05) is 13.8 Å². The maximum absolute atomic E-state index is 12.9. The lowest BCUT2D eigenvalue weighted by molar-refractivity contribution is -0.111. The first-order valence-corrected chi connectivity index (χ1v) is 10.3. The van der Waals surface area contributed by atoms with Crippen LogP contribution in [0.2, 0.25) is 0 Å². The smallest absolute Gasteiger partial charge is 0.341 e. The van der Waals surface area contributed by atoms with Crippen LogP contribution in [-0.2, 0) is 9.53 Å². The van der Waals surface area contributed by atoms with Crippen LogP contribution in [0, 0.1) is 6.92 Å². The van der Waals surface area contributed by atoms with E-state index in [9.17, 15) is 14.4 Å². The van der Waals surface area contributed by atoms with Crippen LogP contribution >= 0.6 is 11.3 Å². The van der Waals surface area contributed by atoms with Crippen LogP contribution in [0.15, 0.2) is 28.9 Å². The summed E-state index contributed by atoms with van der Waals surface area (Å²) in [5.74, 6) is -0.664.